The number of amides is 1. The van der Waals surface area contributed by atoms with Crippen LogP contribution in [0.3, 0.4) is 0 Å². The summed E-state index contributed by atoms with van der Waals surface area (Å²) in [4.78, 5) is 23.6. The molecule has 1 atom stereocenters. The maximum Gasteiger partial charge on any atom is 0.251 e. The van der Waals surface area contributed by atoms with Crippen molar-refractivity contribution < 1.29 is 19.1 Å². The molecule has 0 bridgehead atoms. The lowest BCUT2D eigenvalue weighted by Gasteiger charge is -2.20. The first-order valence-electron chi connectivity index (χ1n) is 9.26. The molecular weight excluding hydrogens is 366 g/mol. The Hall–Kier alpha value is -3.60. The van der Waals surface area contributed by atoms with Crippen LogP contribution in [0.15, 0.2) is 72.8 Å². The van der Waals surface area contributed by atoms with Gasteiger partial charge in [-0.15, -0.1) is 0 Å². The highest BCUT2D eigenvalue weighted by atomic mass is 16.5. The van der Waals surface area contributed by atoms with Crippen LogP contribution in [0.5, 0.6) is 11.5 Å². The lowest BCUT2D eigenvalue weighted by molar-refractivity contribution is 0.0936. The fourth-order valence-electron chi connectivity index (χ4n) is 3.04. The van der Waals surface area contributed by atoms with Gasteiger partial charge in [-0.25, -0.2) is 0 Å². The number of carbonyl (C=O) groups is 2. The van der Waals surface area contributed by atoms with E-state index in [1.807, 2.05) is 48.5 Å². The van der Waals surface area contributed by atoms with E-state index in [1.54, 1.807) is 38.5 Å². The second-order valence-electron chi connectivity index (χ2n) is 6.59. The van der Waals surface area contributed by atoms with Crippen molar-refractivity contribution in [3.8, 4) is 11.5 Å². The third-order valence-electron chi connectivity index (χ3n) is 4.73. The molecule has 0 aliphatic rings. The van der Waals surface area contributed by atoms with Gasteiger partial charge in [0.05, 0.1) is 20.3 Å². The van der Waals surface area contributed by atoms with E-state index >= 15 is 0 Å². The zero-order chi connectivity index (χ0) is 20.6. The maximum absolute atomic E-state index is 12.8. The van der Waals surface area contributed by atoms with E-state index in [0.29, 0.717) is 17.5 Å². The molecule has 3 aromatic rings. The van der Waals surface area contributed by atoms with Crippen LogP contribution in [0.25, 0.3) is 0 Å². The summed E-state index contributed by atoms with van der Waals surface area (Å²) in [5.74, 6) is 1.35. The maximum atomic E-state index is 12.8. The molecule has 3 rings (SSSR count). The summed E-state index contributed by atoms with van der Waals surface area (Å²) in [6.45, 7) is 0. The number of carbonyl (C=O) groups excluding carboxylic acids is 2. The largest absolute Gasteiger partial charge is 0.497 e. The van der Waals surface area contributed by atoms with E-state index < -0.39 is 0 Å². The number of benzene rings is 3. The first-order valence-corrected chi connectivity index (χ1v) is 9.26. The van der Waals surface area contributed by atoms with Crippen LogP contribution in [-0.4, -0.2) is 26.4 Å². The zero-order valence-electron chi connectivity index (χ0n) is 16.4. The Morgan fingerprint density at radius 1 is 0.862 bits per heavy atom. The molecule has 0 heterocycles. The summed E-state index contributed by atoms with van der Waals surface area (Å²) in [5, 5.41) is 3.10. The quantitative estimate of drug-likeness (QED) is 0.586. The smallest absolute Gasteiger partial charge is 0.251 e. The highest BCUT2D eigenvalue weighted by Gasteiger charge is 2.17. The van der Waals surface area contributed by atoms with Gasteiger partial charge in [0.25, 0.3) is 5.91 Å². The van der Waals surface area contributed by atoms with Crippen LogP contribution >= 0.6 is 0 Å². The van der Waals surface area contributed by atoms with Crippen LogP contribution in [0.4, 0.5) is 0 Å². The van der Waals surface area contributed by atoms with Gasteiger partial charge in [-0.1, -0.05) is 36.4 Å². The number of rotatable bonds is 8. The number of hydrogen-bond acceptors (Lipinski definition) is 4. The summed E-state index contributed by atoms with van der Waals surface area (Å²) in [7, 11) is 3.25. The highest BCUT2D eigenvalue weighted by molar-refractivity contribution is 5.95. The van der Waals surface area contributed by atoms with E-state index in [0.717, 1.165) is 28.9 Å². The van der Waals surface area contributed by atoms with Gasteiger partial charge in [0.2, 0.25) is 0 Å². The molecule has 1 amide bonds. The standard InChI is InChI=1S/C24H23NO4/c1-28-21-11-5-17(6-12-21)15-23(19-9-13-22(29-2)14-10-19)25-24(27)20-7-3-18(16-26)4-8-20/h3-14,16,23H,15H2,1-2H3,(H,25,27). The Morgan fingerprint density at radius 2 is 1.41 bits per heavy atom. The summed E-state index contributed by atoms with van der Waals surface area (Å²) >= 11 is 0. The molecule has 0 radical (unpaired) electrons. The van der Waals surface area contributed by atoms with Gasteiger partial charge in [-0.05, 0) is 53.9 Å². The molecule has 0 fully saturated rings. The fourth-order valence-corrected chi connectivity index (χ4v) is 3.04. The molecule has 148 valence electrons. The van der Waals surface area contributed by atoms with Crippen molar-refractivity contribution in [3.05, 3.63) is 95.1 Å². The number of nitrogens with one attached hydrogen (secondary N) is 1. The number of hydrogen-bond donors (Lipinski definition) is 1. The van der Waals surface area contributed by atoms with E-state index in [-0.39, 0.29) is 11.9 Å². The van der Waals surface area contributed by atoms with Crippen molar-refractivity contribution in [2.24, 2.45) is 0 Å². The van der Waals surface area contributed by atoms with Crippen LogP contribution in [-0.2, 0) is 6.42 Å². The minimum atomic E-state index is -0.229. The third kappa shape index (κ3) is 5.23. The molecule has 29 heavy (non-hydrogen) atoms. The minimum absolute atomic E-state index is 0.197. The van der Waals surface area contributed by atoms with Crippen molar-refractivity contribution >= 4 is 12.2 Å². The lowest BCUT2D eigenvalue weighted by Crippen LogP contribution is -2.30. The van der Waals surface area contributed by atoms with Gasteiger partial charge in [0.15, 0.2) is 0 Å². The van der Waals surface area contributed by atoms with Crippen LogP contribution in [0.1, 0.15) is 37.9 Å². The van der Waals surface area contributed by atoms with E-state index in [2.05, 4.69) is 5.32 Å². The summed E-state index contributed by atoms with van der Waals surface area (Å²) in [5.41, 5.74) is 3.08. The van der Waals surface area contributed by atoms with Crippen molar-refractivity contribution in [2.75, 3.05) is 14.2 Å². The first kappa shape index (κ1) is 20.1. The summed E-state index contributed by atoms with van der Waals surface area (Å²) in [6, 6.07) is 21.8. The Balaban J connectivity index is 1.83. The number of methoxy groups -OCH3 is 2. The third-order valence-corrected chi connectivity index (χ3v) is 4.73. The topological polar surface area (TPSA) is 64.6 Å². The van der Waals surface area contributed by atoms with Gasteiger partial charge in [0, 0.05) is 11.1 Å². The molecule has 1 unspecified atom stereocenters. The van der Waals surface area contributed by atoms with E-state index in [4.69, 9.17) is 9.47 Å². The SMILES string of the molecule is COc1ccc(CC(NC(=O)c2ccc(C=O)cc2)c2ccc(OC)cc2)cc1. The van der Waals surface area contributed by atoms with Gasteiger partial charge in [-0.3, -0.25) is 9.59 Å². The molecule has 5 nitrogen and oxygen atoms in total. The molecule has 0 saturated carbocycles. The molecule has 0 spiro atoms. The van der Waals surface area contributed by atoms with Crippen LogP contribution in [0, 0.1) is 0 Å². The molecule has 0 aliphatic carbocycles. The zero-order valence-corrected chi connectivity index (χ0v) is 16.4. The van der Waals surface area contributed by atoms with Crippen LogP contribution in [0.2, 0.25) is 0 Å². The average molecular weight is 389 g/mol. The molecule has 0 aliphatic heterocycles. The van der Waals surface area contributed by atoms with Gasteiger partial charge < -0.3 is 14.8 Å². The van der Waals surface area contributed by atoms with Crippen molar-refractivity contribution in [1.29, 1.82) is 0 Å². The number of aldehydes is 1. The second kappa shape index (κ2) is 9.55. The average Bonchev–Trinajstić information content (AvgIpc) is 2.79. The van der Waals surface area contributed by atoms with Crippen molar-refractivity contribution in [2.45, 2.75) is 12.5 Å². The Bertz CT molecular complexity index is 948. The predicted octanol–water partition coefficient (Wildman–Crippen LogP) is 4.23. The second-order valence-corrected chi connectivity index (χ2v) is 6.59. The first-order chi connectivity index (χ1) is 14.1. The molecule has 1 N–H and O–H groups in total. The van der Waals surface area contributed by atoms with Crippen molar-refractivity contribution in [1.82, 2.24) is 5.32 Å². The normalized spacial score (nSPS) is 11.4. The monoisotopic (exact) mass is 389 g/mol. The highest BCUT2D eigenvalue weighted by Crippen LogP contribution is 2.23. The lowest BCUT2D eigenvalue weighted by atomic mass is 9.98. The summed E-state index contributed by atoms with van der Waals surface area (Å²) < 4.78 is 10.5. The fraction of sp³-hybridized carbons (Fsp3) is 0.167. The molecule has 5 heteroatoms. The Labute approximate surface area is 170 Å². The molecule has 0 saturated heterocycles. The van der Waals surface area contributed by atoms with Gasteiger partial charge >= 0.3 is 0 Å². The van der Waals surface area contributed by atoms with Gasteiger partial charge in [-0.2, -0.15) is 0 Å². The van der Waals surface area contributed by atoms with Crippen molar-refractivity contribution in [3.63, 3.8) is 0 Å². The molecule has 3 aromatic carbocycles. The Morgan fingerprint density at radius 3 is 1.93 bits per heavy atom. The predicted molar refractivity (Wildman–Crippen MR) is 112 cm³/mol. The van der Waals surface area contributed by atoms with E-state index in [1.165, 1.54) is 0 Å². The van der Waals surface area contributed by atoms with Crippen LogP contribution < -0.4 is 14.8 Å². The van der Waals surface area contributed by atoms with E-state index in [9.17, 15) is 9.59 Å². The number of ether oxygens (including phenoxy) is 2. The summed E-state index contributed by atoms with van der Waals surface area (Å²) in [6.07, 6.45) is 1.38. The van der Waals surface area contributed by atoms with Gasteiger partial charge in [0.1, 0.15) is 17.8 Å². The molecular formula is C24H23NO4. The minimum Gasteiger partial charge on any atom is -0.497 e. The molecule has 0 aromatic heterocycles. The Kier molecular flexibility index (Phi) is 6.63.